The van der Waals surface area contributed by atoms with Crippen LogP contribution in [0.25, 0.3) is 0 Å². The second-order valence-corrected chi connectivity index (χ2v) is 4.50. The molecule has 110 valence electrons. The monoisotopic (exact) mass is 295 g/mol. The number of aryl methyl sites for hydroxylation is 1. The molecule has 0 fully saturated rings. The van der Waals surface area contributed by atoms with Crippen LogP contribution in [0.15, 0.2) is 42.5 Å². The van der Waals surface area contributed by atoms with Crippen molar-refractivity contribution >= 4 is 17.3 Å². The standard InChI is InChI=1S/C15H12F3NO2/c1-9-4-2-3-5-12(9)19-13-7-6-10(15(16,17)18)8-11(13)14(20)21/h2-8,19H,1H3,(H,20,21). The number of hydrogen-bond donors (Lipinski definition) is 2. The first-order valence-corrected chi connectivity index (χ1v) is 6.06. The summed E-state index contributed by atoms with van der Waals surface area (Å²) in [7, 11) is 0. The Hall–Kier alpha value is -2.50. The van der Waals surface area contributed by atoms with Crippen molar-refractivity contribution in [2.45, 2.75) is 13.1 Å². The van der Waals surface area contributed by atoms with Crippen LogP contribution in [0, 0.1) is 6.92 Å². The van der Waals surface area contributed by atoms with Crippen molar-refractivity contribution in [3.63, 3.8) is 0 Å². The molecule has 21 heavy (non-hydrogen) atoms. The molecule has 0 radical (unpaired) electrons. The van der Waals surface area contributed by atoms with E-state index in [4.69, 9.17) is 5.11 Å². The van der Waals surface area contributed by atoms with Crippen molar-refractivity contribution in [2.24, 2.45) is 0 Å². The van der Waals surface area contributed by atoms with E-state index in [0.29, 0.717) is 11.8 Å². The summed E-state index contributed by atoms with van der Waals surface area (Å²) in [5.41, 5.74) is 0.196. The zero-order chi connectivity index (χ0) is 15.6. The summed E-state index contributed by atoms with van der Waals surface area (Å²) in [6.45, 7) is 1.81. The van der Waals surface area contributed by atoms with Gasteiger partial charge in [0.1, 0.15) is 0 Å². The van der Waals surface area contributed by atoms with Crippen LogP contribution in [0.1, 0.15) is 21.5 Å². The number of rotatable bonds is 3. The van der Waals surface area contributed by atoms with Gasteiger partial charge in [0.15, 0.2) is 0 Å². The molecule has 2 N–H and O–H groups in total. The Morgan fingerprint density at radius 3 is 2.33 bits per heavy atom. The van der Waals surface area contributed by atoms with E-state index < -0.39 is 23.3 Å². The van der Waals surface area contributed by atoms with Crippen LogP contribution in [-0.4, -0.2) is 11.1 Å². The molecule has 0 heterocycles. The number of carboxylic acids is 1. The van der Waals surface area contributed by atoms with Crippen LogP contribution in [-0.2, 0) is 6.18 Å². The highest BCUT2D eigenvalue weighted by Gasteiger charge is 2.31. The van der Waals surface area contributed by atoms with Crippen LogP contribution in [0.5, 0.6) is 0 Å². The largest absolute Gasteiger partial charge is 0.478 e. The molecule has 0 aliphatic carbocycles. The lowest BCUT2D eigenvalue weighted by Gasteiger charge is -2.14. The Morgan fingerprint density at radius 1 is 1.10 bits per heavy atom. The quantitative estimate of drug-likeness (QED) is 0.879. The molecule has 2 aromatic rings. The number of aromatic carboxylic acids is 1. The van der Waals surface area contributed by atoms with Gasteiger partial charge in [-0.15, -0.1) is 0 Å². The summed E-state index contributed by atoms with van der Waals surface area (Å²) in [5, 5.41) is 11.9. The lowest BCUT2D eigenvalue weighted by Crippen LogP contribution is -2.09. The molecule has 3 nitrogen and oxygen atoms in total. The fourth-order valence-electron chi connectivity index (χ4n) is 1.86. The van der Waals surface area contributed by atoms with Gasteiger partial charge < -0.3 is 10.4 Å². The Balaban J connectivity index is 2.45. The van der Waals surface area contributed by atoms with Crippen molar-refractivity contribution < 1.29 is 23.1 Å². The number of carbonyl (C=O) groups is 1. The summed E-state index contributed by atoms with van der Waals surface area (Å²) in [6, 6.07) is 9.70. The van der Waals surface area contributed by atoms with Gasteiger partial charge in [-0.1, -0.05) is 18.2 Å². The lowest BCUT2D eigenvalue weighted by molar-refractivity contribution is -0.137. The Kier molecular flexibility index (Phi) is 3.88. The number of hydrogen-bond acceptors (Lipinski definition) is 2. The van der Waals surface area contributed by atoms with Crippen LogP contribution >= 0.6 is 0 Å². The van der Waals surface area contributed by atoms with Gasteiger partial charge in [-0.2, -0.15) is 13.2 Å². The molecule has 0 saturated heterocycles. The third-order valence-corrected chi connectivity index (χ3v) is 2.99. The minimum Gasteiger partial charge on any atom is -0.478 e. The molecular formula is C15H12F3NO2. The Labute approximate surface area is 119 Å². The molecule has 0 aromatic heterocycles. The minimum absolute atomic E-state index is 0.116. The molecule has 6 heteroatoms. The highest BCUT2D eigenvalue weighted by atomic mass is 19.4. The van der Waals surface area contributed by atoms with Gasteiger partial charge in [-0.3, -0.25) is 0 Å². The van der Waals surface area contributed by atoms with Gasteiger partial charge in [0.05, 0.1) is 16.8 Å². The van der Waals surface area contributed by atoms with Gasteiger partial charge in [0.25, 0.3) is 0 Å². The summed E-state index contributed by atoms with van der Waals surface area (Å²) in [6.07, 6.45) is -4.58. The Bertz CT molecular complexity index is 681. The zero-order valence-electron chi connectivity index (χ0n) is 11.0. The number of benzene rings is 2. The molecule has 0 bridgehead atoms. The molecule has 0 atom stereocenters. The van der Waals surface area contributed by atoms with Gasteiger partial charge in [-0.05, 0) is 36.8 Å². The molecule has 2 rings (SSSR count). The van der Waals surface area contributed by atoms with E-state index in [1.54, 1.807) is 12.1 Å². The van der Waals surface area contributed by atoms with Crippen LogP contribution < -0.4 is 5.32 Å². The summed E-state index contributed by atoms with van der Waals surface area (Å²) >= 11 is 0. The number of alkyl halides is 3. The zero-order valence-corrected chi connectivity index (χ0v) is 11.0. The Morgan fingerprint density at radius 2 is 1.76 bits per heavy atom. The summed E-state index contributed by atoms with van der Waals surface area (Å²) in [4.78, 5) is 11.2. The van der Waals surface area contributed by atoms with Crippen molar-refractivity contribution in [3.8, 4) is 0 Å². The van der Waals surface area contributed by atoms with Gasteiger partial charge in [0.2, 0.25) is 0 Å². The topological polar surface area (TPSA) is 49.3 Å². The van der Waals surface area contributed by atoms with Crippen LogP contribution in [0.4, 0.5) is 24.5 Å². The number of halogens is 3. The normalized spacial score (nSPS) is 11.2. The number of nitrogens with one attached hydrogen (secondary N) is 1. The molecular weight excluding hydrogens is 283 g/mol. The molecule has 0 aliphatic heterocycles. The smallest absolute Gasteiger partial charge is 0.416 e. The molecule has 0 saturated carbocycles. The second-order valence-electron chi connectivity index (χ2n) is 4.50. The number of anilines is 2. The first-order valence-electron chi connectivity index (χ1n) is 6.06. The predicted octanol–water partition coefficient (Wildman–Crippen LogP) is 4.46. The first-order chi connectivity index (χ1) is 9.79. The maximum atomic E-state index is 12.6. The van der Waals surface area contributed by atoms with Gasteiger partial charge in [-0.25, -0.2) is 4.79 Å². The third kappa shape index (κ3) is 3.34. The minimum atomic E-state index is -4.58. The van der Waals surface area contributed by atoms with Gasteiger partial charge >= 0.3 is 12.1 Å². The highest BCUT2D eigenvalue weighted by molar-refractivity contribution is 5.95. The van der Waals surface area contributed by atoms with E-state index in [1.165, 1.54) is 0 Å². The average Bonchev–Trinajstić information content (AvgIpc) is 2.40. The second kappa shape index (κ2) is 5.47. The maximum Gasteiger partial charge on any atom is 0.416 e. The van der Waals surface area contributed by atoms with Crippen molar-refractivity contribution in [2.75, 3.05) is 5.32 Å². The predicted molar refractivity (Wildman–Crippen MR) is 72.9 cm³/mol. The molecule has 0 spiro atoms. The molecule has 2 aromatic carbocycles. The van der Waals surface area contributed by atoms with Crippen LogP contribution in [0.2, 0.25) is 0 Å². The fraction of sp³-hybridized carbons (Fsp3) is 0.133. The van der Waals surface area contributed by atoms with Crippen molar-refractivity contribution in [3.05, 3.63) is 59.2 Å². The van der Waals surface area contributed by atoms with Crippen LogP contribution in [0.3, 0.4) is 0 Å². The third-order valence-electron chi connectivity index (χ3n) is 2.99. The molecule has 0 amide bonds. The summed E-state index contributed by atoms with van der Waals surface area (Å²) < 4.78 is 37.9. The molecule has 0 unspecified atom stereocenters. The van der Waals surface area contributed by atoms with E-state index in [-0.39, 0.29) is 5.69 Å². The van der Waals surface area contributed by atoms with Gasteiger partial charge in [0, 0.05) is 5.69 Å². The SMILES string of the molecule is Cc1ccccc1Nc1ccc(C(F)(F)F)cc1C(=O)O. The first kappa shape index (κ1) is 14.9. The van der Waals surface area contributed by atoms with E-state index >= 15 is 0 Å². The van der Waals surface area contributed by atoms with Crippen molar-refractivity contribution in [1.29, 1.82) is 0 Å². The number of para-hydroxylation sites is 1. The average molecular weight is 295 g/mol. The summed E-state index contributed by atoms with van der Waals surface area (Å²) in [5.74, 6) is -1.42. The van der Waals surface area contributed by atoms with Crippen molar-refractivity contribution in [1.82, 2.24) is 0 Å². The maximum absolute atomic E-state index is 12.6. The van der Waals surface area contributed by atoms with E-state index in [0.717, 1.165) is 17.7 Å². The lowest BCUT2D eigenvalue weighted by atomic mass is 10.1. The van der Waals surface area contributed by atoms with E-state index in [2.05, 4.69) is 5.32 Å². The fourth-order valence-corrected chi connectivity index (χ4v) is 1.86. The van der Waals surface area contributed by atoms with E-state index in [9.17, 15) is 18.0 Å². The molecule has 0 aliphatic rings. The number of carboxylic acid groups (broad SMARTS) is 1. The highest BCUT2D eigenvalue weighted by Crippen LogP contribution is 2.33. The van der Waals surface area contributed by atoms with E-state index in [1.807, 2.05) is 19.1 Å².